The number of nitrogens with one attached hydrogen (secondary N) is 1. The zero-order valence-corrected chi connectivity index (χ0v) is 17.6. The maximum Gasteiger partial charge on any atom is 0.256 e. The van der Waals surface area contributed by atoms with Crippen molar-refractivity contribution >= 4 is 33.8 Å². The van der Waals surface area contributed by atoms with Crippen LogP contribution in [0.15, 0.2) is 18.2 Å². The maximum absolute atomic E-state index is 12.7. The second-order valence-corrected chi connectivity index (χ2v) is 9.44. The Morgan fingerprint density at radius 3 is 2.74 bits per heavy atom. The van der Waals surface area contributed by atoms with E-state index in [4.69, 9.17) is 16.3 Å². The number of amides is 1. The van der Waals surface area contributed by atoms with Gasteiger partial charge in [-0.1, -0.05) is 32.4 Å². The monoisotopic (exact) mass is 402 g/mol. The average Bonchev–Trinajstić information content (AvgIpc) is 2.96. The molecule has 142 valence electrons. The highest BCUT2D eigenvalue weighted by atomic mass is 35.5. The van der Waals surface area contributed by atoms with Crippen molar-refractivity contribution in [3.8, 4) is 11.8 Å². The molecule has 1 aromatic heterocycles. The van der Waals surface area contributed by atoms with Crippen molar-refractivity contribution in [2.75, 3.05) is 12.4 Å². The molecule has 0 fully saturated rings. The minimum atomic E-state index is -0.276. The lowest BCUT2D eigenvalue weighted by Crippen LogP contribution is -2.26. The highest BCUT2D eigenvalue weighted by Gasteiger charge is 2.32. The fraction of sp³-hybridized carbons (Fsp3) is 0.429. The van der Waals surface area contributed by atoms with Gasteiger partial charge in [-0.25, -0.2) is 0 Å². The van der Waals surface area contributed by atoms with Crippen LogP contribution in [0.2, 0.25) is 5.02 Å². The smallest absolute Gasteiger partial charge is 0.256 e. The fourth-order valence-corrected chi connectivity index (χ4v) is 5.04. The number of rotatable bonds is 3. The normalized spacial score (nSPS) is 16.4. The van der Waals surface area contributed by atoms with Gasteiger partial charge < -0.3 is 10.1 Å². The van der Waals surface area contributed by atoms with E-state index >= 15 is 0 Å². The summed E-state index contributed by atoms with van der Waals surface area (Å²) >= 11 is 7.65. The molecule has 1 atom stereocenters. The summed E-state index contributed by atoms with van der Waals surface area (Å²) in [6.45, 7) is 6.78. The standard InChI is InChI=1S/C21H23ClN2O2S/c1-21(2,3)13-6-7-14-15(11-23)20(27-18(14)10-13)24-19(25)12-5-8-17(26-4)16(22)9-12/h5,8-9,13H,6-7,10H2,1-4H3,(H,24,25). The molecule has 3 rings (SSSR count). The van der Waals surface area contributed by atoms with Gasteiger partial charge in [0.05, 0.1) is 17.7 Å². The Hall–Kier alpha value is -2.03. The number of nitriles is 1. The molecule has 0 aliphatic heterocycles. The number of nitrogens with zero attached hydrogens (tertiary/aromatic N) is 1. The summed E-state index contributed by atoms with van der Waals surface area (Å²) in [4.78, 5) is 13.9. The second-order valence-electron chi connectivity index (χ2n) is 7.93. The van der Waals surface area contributed by atoms with E-state index in [1.165, 1.54) is 23.3 Å². The van der Waals surface area contributed by atoms with Gasteiger partial charge in [0.1, 0.15) is 16.8 Å². The zero-order valence-electron chi connectivity index (χ0n) is 16.0. The van der Waals surface area contributed by atoms with E-state index in [1.54, 1.807) is 18.2 Å². The first-order valence-corrected chi connectivity index (χ1v) is 10.1. The Balaban J connectivity index is 1.86. The topological polar surface area (TPSA) is 62.1 Å². The Kier molecular flexibility index (Phi) is 5.50. The second kappa shape index (κ2) is 7.53. The van der Waals surface area contributed by atoms with Gasteiger partial charge >= 0.3 is 0 Å². The number of methoxy groups -OCH3 is 1. The molecule has 1 N–H and O–H groups in total. The van der Waals surface area contributed by atoms with Gasteiger partial charge in [0.25, 0.3) is 5.91 Å². The van der Waals surface area contributed by atoms with Crippen LogP contribution in [0, 0.1) is 22.7 Å². The quantitative estimate of drug-likeness (QED) is 0.717. The average molecular weight is 403 g/mol. The third kappa shape index (κ3) is 3.97. The summed E-state index contributed by atoms with van der Waals surface area (Å²) in [5.74, 6) is 0.826. The first-order valence-electron chi connectivity index (χ1n) is 8.94. The summed E-state index contributed by atoms with van der Waals surface area (Å²) in [5.41, 5.74) is 2.38. The Morgan fingerprint density at radius 1 is 1.41 bits per heavy atom. The number of thiophene rings is 1. The van der Waals surface area contributed by atoms with Crippen LogP contribution in [0.5, 0.6) is 5.75 Å². The van der Waals surface area contributed by atoms with Crippen LogP contribution in [0.3, 0.4) is 0 Å². The van der Waals surface area contributed by atoms with Gasteiger partial charge in [0.2, 0.25) is 0 Å². The van der Waals surface area contributed by atoms with Crippen LogP contribution in [0.25, 0.3) is 0 Å². The van der Waals surface area contributed by atoms with Crippen molar-refractivity contribution < 1.29 is 9.53 Å². The summed E-state index contributed by atoms with van der Waals surface area (Å²) in [6.07, 6.45) is 2.92. The molecular weight excluding hydrogens is 380 g/mol. The first kappa shape index (κ1) is 19.7. The number of halogens is 1. The van der Waals surface area contributed by atoms with E-state index in [1.807, 2.05) is 0 Å². The number of hydrogen-bond acceptors (Lipinski definition) is 4. The third-order valence-electron chi connectivity index (χ3n) is 5.24. The van der Waals surface area contributed by atoms with Gasteiger partial charge in [0, 0.05) is 10.4 Å². The Bertz CT molecular complexity index is 921. The maximum atomic E-state index is 12.7. The van der Waals surface area contributed by atoms with Gasteiger partial charge in [-0.05, 0) is 54.4 Å². The molecule has 0 saturated carbocycles. The van der Waals surface area contributed by atoms with Crippen LogP contribution in [0.1, 0.15) is 53.6 Å². The van der Waals surface area contributed by atoms with Gasteiger partial charge in [-0.2, -0.15) is 5.26 Å². The van der Waals surface area contributed by atoms with Crippen LogP contribution in [-0.4, -0.2) is 13.0 Å². The van der Waals surface area contributed by atoms with Crippen molar-refractivity contribution in [2.24, 2.45) is 11.3 Å². The molecule has 0 saturated heterocycles. The predicted molar refractivity (Wildman–Crippen MR) is 110 cm³/mol. The van der Waals surface area contributed by atoms with Gasteiger partial charge in [-0.15, -0.1) is 11.3 Å². The number of fused-ring (bicyclic) bond motifs is 1. The summed E-state index contributed by atoms with van der Waals surface area (Å²) in [7, 11) is 1.53. The highest BCUT2D eigenvalue weighted by molar-refractivity contribution is 7.16. The van der Waals surface area contributed by atoms with Crippen molar-refractivity contribution in [1.29, 1.82) is 5.26 Å². The molecule has 1 amide bonds. The molecule has 0 bridgehead atoms. The largest absolute Gasteiger partial charge is 0.495 e. The van der Waals surface area contributed by atoms with E-state index in [-0.39, 0.29) is 11.3 Å². The Labute approximate surface area is 169 Å². The van der Waals surface area contributed by atoms with E-state index in [0.717, 1.165) is 24.8 Å². The van der Waals surface area contributed by atoms with Crippen molar-refractivity contribution in [1.82, 2.24) is 0 Å². The van der Waals surface area contributed by atoms with Crippen molar-refractivity contribution in [2.45, 2.75) is 40.0 Å². The lowest BCUT2D eigenvalue weighted by atomic mass is 9.72. The number of hydrogen-bond donors (Lipinski definition) is 1. The van der Waals surface area contributed by atoms with Crippen LogP contribution in [-0.2, 0) is 12.8 Å². The number of carbonyl (C=O) groups is 1. The highest BCUT2D eigenvalue weighted by Crippen LogP contribution is 2.44. The molecule has 2 aromatic rings. The van der Waals surface area contributed by atoms with Crippen molar-refractivity contribution in [3.05, 3.63) is 44.8 Å². The third-order valence-corrected chi connectivity index (χ3v) is 6.71. The number of carbonyl (C=O) groups excluding carboxylic acids is 1. The van der Waals surface area contributed by atoms with Gasteiger partial charge in [-0.3, -0.25) is 4.79 Å². The zero-order chi connectivity index (χ0) is 19.8. The van der Waals surface area contributed by atoms with Gasteiger partial charge in [0.15, 0.2) is 0 Å². The lowest BCUT2D eigenvalue weighted by molar-refractivity contribution is 0.102. The molecule has 27 heavy (non-hydrogen) atoms. The molecule has 0 spiro atoms. The SMILES string of the molecule is COc1ccc(C(=O)Nc2sc3c(c2C#N)CCC(C(C)(C)C)C3)cc1Cl. The molecule has 1 aliphatic carbocycles. The lowest BCUT2D eigenvalue weighted by Gasteiger charge is -2.33. The van der Waals surface area contributed by atoms with E-state index in [0.29, 0.717) is 32.8 Å². The number of anilines is 1. The van der Waals surface area contributed by atoms with Crippen LogP contribution < -0.4 is 10.1 Å². The predicted octanol–water partition coefficient (Wildman–Crippen LogP) is 5.69. The summed E-state index contributed by atoms with van der Waals surface area (Å²) in [6, 6.07) is 7.19. The summed E-state index contributed by atoms with van der Waals surface area (Å²) in [5, 5.41) is 13.6. The van der Waals surface area contributed by atoms with Crippen molar-refractivity contribution in [3.63, 3.8) is 0 Å². The molecule has 4 nitrogen and oxygen atoms in total. The number of ether oxygens (including phenoxy) is 1. The molecule has 0 radical (unpaired) electrons. The molecular formula is C21H23ClN2O2S. The summed E-state index contributed by atoms with van der Waals surface area (Å²) < 4.78 is 5.12. The molecule has 1 unspecified atom stereocenters. The molecule has 1 aliphatic rings. The molecule has 1 heterocycles. The van der Waals surface area contributed by atoms with E-state index in [9.17, 15) is 10.1 Å². The minimum absolute atomic E-state index is 0.234. The van der Waals surface area contributed by atoms with E-state index < -0.39 is 0 Å². The number of benzene rings is 1. The van der Waals surface area contributed by atoms with Crippen LogP contribution in [0.4, 0.5) is 5.00 Å². The molecule has 1 aromatic carbocycles. The Morgan fingerprint density at radius 2 is 2.15 bits per heavy atom. The fourth-order valence-electron chi connectivity index (χ4n) is 3.51. The first-order chi connectivity index (χ1) is 12.7. The molecule has 6 heteroatoms. The van der Waals surface area contributed by atoms with Crippen LogP contribution >= 0.6 is 22.9 Å². The minimum Gasteiger partial charge on any atom is -0.495 e. The van der Waals surface area contributed by atoms with E-state index in [2.05, 4.69) is 32.2 Å².